The molecule has 68 valence electrons. The average molecular weight is 166 g/mol. The first-order chi connectivity index (χ1) is 5.74. The quantitative estimate of drug-likeness (QED) is 0.628. The van der Waals surface area contributed by atoms with Crippen LogP contribution < -0.4 is 5.73 Å². The summed E-state index contributed by atoms with van der Waals surface area (Å²) in [5.41, 5.74) is 6.94. The summed E-state index contributed by atoms with van der Waals surface area (Å²) in [5, 5.41) is 0. The second kappa shape index (κ2) is 4.31. The fourth-order valence-corrected chi connectivity index (χ4v) is 1.55. The lowest BCUT2D eigenvalue weighted by molar-refractivity contribution is 0.405. The number of hydrogen-bond donors (Lipinski definition) is 1. The van der Waals surface area contributed by atoms with Crippen LogP contribution in [-0.4, -0.2) is 25.0 Å². The highest BCUT2D eigenvalue weighted by atomic mass is 15.1. The van der Waals surface area contributed by atoms with Crippen molar-refractivity contribution in [2.75, 3.05) is 20.1 Å². The summed E-state index contributed by atoms with van der Waals surface area (Å²) >= 11 is 0. The lowest BCUT2D eigenvalue weighted by Gasteiger charge is -2.09. The molecule has 1 fully saturated rings. The van der Waals surface area contributed by atoms with Crippen molar-refractivity contribution in [1.82, 2.24) is 4.90 Å². The lowest BCUT2D eigenvalue weighted by Crippen LogP contribution is -2.17. The molecule has 1 aliphatic heterocycles. The van der Waals surface area contributed by atoms with E-state index in [1.807, 2.05) is 25.2 Å². The van der Waals surface area contributed by atoms with Crippen LogP contribution >= 0.6 is 0 Å². The van der Waals surface area contributed by atoms with E-state index in [0.29, 0.717) is 5.92 Å². The van der Waals surface area contributed by atoms with Crippen molar-refractivity contribution in [2.24, 2.45) is 11.7 Å². The highest BCUT2D eigenvalue weighted by molar-refractivity contribution is 5.13. The molecule has 0 bridgehead atoms. The molecule has 1 heterocycles. The molecule has 0 aromatic rings. The lowest BCUT2D eigenvalue weighted by atomic mass is 10.1. The van der Waals surface area contributed by atoms with Gasteiger partial charge in [0.1, 0.15) is 0 Å². The topological polar surface area (TPSA) is 29.3 Å². The highest BCUT2D eigenvalue weighted by Crippen LogP contribution is 2.19. The van der Waals surface area contributed by atoms with Gasteiger partial charge < -0.3 is 10.6 Å². The number of hydrogen-bond acceptors (Lipinski definition) is 2. The van der Waals surface area contributed by atoms with Gasteiger partial charge in [0.15, 0.2) is 0 Å². The van der Waals surface area contributed by atoms with E-state index >= 15 is 0 Å². The fraction of sp³-hybridized carbons (Fsp3) is 0.600. The van der Waals surface area contributed by atoms with E-state index in [-0.39, 0.29) is 0 Å². The monoisotopic (exact) mass is 166 g/mol. The molecule has 1 aliphatic rings. The molecule has 1 unspecified atom stereocenters. The third-order valence-electron chi connectivity index (χ3n) is 2.34. The molecule has 12 heavy (non-hydrogen) atoms. The minimum atomic E-state index is 0.575. The number of likely N-dealkylation sites (tertiary alicyclic amines) is 1. The van der Waals surface area contributed by atoms with Gasteiger partial charge in [0, 0.05) is 18.2 Å². The maximum atomic E-state index is 5.91. The van der Waals surface area contributed by atoms with Gasteiger partial charge in [0.2, 0.25) is 0 Å². The van der Waals surface area contributed by atoms with Crippen LogP contribution in [0.1, 0.15) is 13.3 Å². The largest absolute Gasteiger partial charge is 0.402 e. The molecule has 0 saturated carbocycles. The molecule has 0 aromatic carbocycles. The maximum absolute atomic E-state index is 5.91. The third kappa shape index (κ3) is 2.38. The van der Waals surface area contributed by atoms with Crippen molar-refractivity contribution in [3.8, 4) is 0 Å². The zero-order valence-corrected chi connectivity index (χ0v) is 7.96. The van der Waals surface area contributed by atoms with Crippen molar-refractivity contribution in [3.63, 3.8) is 0 Å². The van der Waals surface area contributed by atoms with Crippen molar-refractivity contribution < 1.29 is 0 Å². The van der Waals surface area contributed by atoms with Gasteiger partial charge in [-0.15, -0.1) is 0 Å². The zero-order chi connectivity index (χ0) is 8.97. The minimum absolute atomic E-state index is 0.575. The summed E-state index contributed by atoms with van der Waals surface area (Å²) in [4.78, 5) is 2.32. The standard InChI is InChI=1S/C10H18N2/c1-3-4-5-10(11)9-6-7-12(2)8-9/h3-5,9H,6-8,11H2,1-2H3/b4-3-,10-5-. The second-order valence-corrected chi connectivity index (χ2v) is 3.44. The molecule has 0 aliphatic carbocycles. The van der Waals surface area contributed by atoms with Crippen LogP contribution in [0.5, 0.6) is 0 Å². The number of allylic oxidation sites excluding steroid dienone is 3. The second-order valence-electron chi connectivity index (χ2n) is 3.44. The van der Waals surface area contributed by atoms with Crippen LogP contribution in [0.4, 0.5) is 0 Å². The zero-order valence-electron chi connectivity index (χ0n) is 7.96. The summed E-state index contributed by atoms with van der Waals surface area (Å²) in [6.45, 7) is 4.29. The molecule has 0 spiro atoms. The normalized spacial score (nSPS) is 27.2. The Labute approximate surface area is 74.7 Å². The molecule has 2 nitrogen and oxygen atoms in total. The molecule has 1 saturated heterocycles. The third-order valence-corrected chi connectivity index (χ3v) is 2.34. The average Bonchev–Trinajstić information content (AvgIpc) is 2.47. The molecule has 2 heteroatoms. The van der Waals surface area contributed by atoms with E-state index in [1.165, 1.54) is 13.0 Å². The summed E-state index contributed by atoms with van der Waals surface area (Å²) in [6.07, 6.45) is 7.24. The Bertz CT molecular complexity index is 194. The molecule has 2 N–H and O–H groups in total. The van der Waals surface area contributed by atoms with E-state index in [1.54, 1.807) is 0 Å². The van der Waals surface area contributed by atoms with Crippen LogP contribution in [0.3, 0.4) is 0 Å². The smallest absolute Gasteiger partial charge is 0.0125 e. The van der Waals surface area contributed by atoms with Crippen LogP contribution in [0.25, 0.3) is 0 Å². The first kappa shape index (κ1) is 9.33. The van der Waals surface area contributed by atoms with Crippen molar-refractivity contribution >= 4 is 0 Å². The Kier molecular flexibility index (Phi) is 3.35. The van der Waals surface area contributed by atoms with Gasteiger partial charge in [-0.2, -0.15) is 0 Å². The van der Waals surface area contributed by atoms with E-state index in [2.05, 4.69) is 11.9 Å². The van der Waals surface area contributed by atoms with Crippen LogP contribution in [-0.2, 0) is 0 Å². The van der Waals surface area contributed by atoms with Gasteiger partial charge >= 0.3 is 0 Å². The van der Waals surface area contributed by atoms with Gasteiger partial charge in [-0.05, 0) is 33.0 Å². The van der Waals surface area contributed by atoms with E-state index < -0.39 is 0 Å². The van der Waals surface area contributed by atoms with E-state index in [4.69, 9.17) is 5.73 Å². The first-order valence-corrected chi connectivity index (χ1v) is 4.51. The maximum Gasteiger partial charge on any atom is 0.0125 e. The Hall–Kier alpha value is -0.760. The molecular formula is C10H18N2. The van der Waals surface area contributed by atoms with Gasteiger partial charge in [0.25, 0.3) is 0 Å². The highest BCUT2D eigenvalue weighted by Gasteiger charge is 2.20. The number of nitrogens with zero attached hydrogens (tertiary/aromatic N) is 1. The summed E-state index contributed by atoms with van der Waals surface area (Å²) in [6, 6.07) is 0. The predicted octanol–water partition coefficient (Wildman–Crippen LogP) is 1.36. The van der Waals surface area contributed by atoms with Crippen LogP contribution in [0, 0.1) is 5.92 Å². The van der Waals surface area contributed by atoms with Crippen LogP contribution in [0.2, 0.25) is 0 Å². The Morgan fingerprint density at radius 2 is 2.33 bits per heavy atom. The predicted molar refractivity (Wildman–Crippen MR) is 52.7 cm³/mol. The van der Waals surface area contributed by atoms with E-state index in [0.717, 1.165) is 12.2 Å². The molecule has 0 radical (unpaired) electrons. The summed E-state index contributed by atoms with van der Waals surface area (Å²) < 4.78 is 0. The molecule has 1 rings (SSSR count). The van der Waals surface area contributed by atoms with Crippen molar-refractivity contribution in [1.29, 1.82) is 0 Å². The Balaban J connectivity index is 2.47. The van der Waals surface area contributed by atoms with Crippen molar-refractivity contribution in [2.45, 2.75) is 13.3 Å². The summed E-state index contributed by atoms with van der Waals surface area (Å²) in [5.74, 6) is 0.575. The Morgan fingerprint density at radius 3 is 2.83 bits per heavy atom. The van der Waals surface area contributed by atoms with E-state index in [9.17, 15) is 0 Å². The fourth-order valence-electron chi connectivity index (χ4n) is 1.55. The SMILES string of the molecule is C/C=C\C=C(/N)C1CCN(C)C1. The van der Waals surface area contributed by atoms with Gasteiger partial charge in [-0.1, -0.05) is 12.2 Å². The number of nitrogens with two attached hydrogens (primary N) is 1. The molecule has 1 atom stereocenters. The molecular weight excluding hydrogens is 148 g/mol. The van der Waals surface area contributed by atoms with Gasteiger partial charge in [0.05, 0.1) is 0 Å². The Morgan fingerprint density at radius 1 is 1.58 bits per heavy atom. The number of rotatable bonds is 2. The van der Waals surface area contributed by atoms with Crippen molar-refractivity contribution in [3.05, 3.63) is 23.9 Å². The molecule has 0 aromatic heterocycles. The molecule has 0 amide bonds. The van der Waals surface area contributed by atoms with Gasteiger partial charge in [-0.25, -0.2) is 0 Å². The minimum Gasteiger partial charge on any atom is -0.402 e. The first-order valence-electron chi connectivity index (χ1n) is 4.51. The summed E-state index contributed by atoms with van der Waals surface area (Å²) in [7, 11) is 2.14. The van der Waals surface area contributed by atoms with Gasteiger partial charge in [-0.3, -0.25) is 0 Å². The van der Waals surface area contributed by atoms with Crippen LogP contribution in [0.15, 0.2) is 23.9 Å².